The molecule has 1 aromatic heterocycles. The predicted octanol–water partition coefficient (Wildman–Crippen LogP) is 4.02. The second-order valence-corrected chi connectivity index (χ2v) is 8.70. The van der Waals surface area contributed by atoms with E-state index in [1.165, 1.54) is 23.9 Å². The van der Waals surface area contributed by atoms with Crippen LogP contribution in [0.5, 0.6) is 0 Å². The normalized spacial score (nSPS) is 15.0. The summed E-state index contributed by atoms with van der Waals surface area (Å²) in [6.07, 6.45) is 0. The lowest BCUT2D eigenvalue weighted by Crippen LogP contribution is -2.38. The Bertz CT molecular complexity index is 1070. The van der Waals surface area contributed by atoms with Gasteiger partial charge in [-0.1, -0.05) is 35.5 Å². The first-order valence-corrected chi connectivity index (χ1v) is 11.0. The van der Waals surface area contributed by atoms with Crippen LogP contribution in [0.2, 0.25) is 5.02 Å². The van der Waals surface area contributed by atoms with Crippen LogP contribution in [0.15, 0.2) is 53.7 Å². The third-order valence-electron chi connectivity index (χ3n) is 4.72. The topological polar surface area (TPSA) is 72.3 Å². The van der Waals surface area contributed by atoms with Crippen LogP contribution < -0.4 is 10.2 Å². The molecule has 0 saturated carbocycles. The second-order valence-electron chi connectivity index (χ2n) is 6.96. The molecule has 31 heavy (non-hydrogen) atoms. The van der Waals surface area contributed by atoms with Crippen LogP contribution in [-0.2, 0) is 9.53 Å². The molecule has 0 aliphatic carbocycles. The number of benzene rings is 2. The number of nitrogens with one attached hydrogen (secondary N) is 1. The summed E-state index contributed by atoms with van der Waals surface area (Å²) in [7, 11) is 0. The van der Waals surface area contributed by atoms with Crippen molar-refractivity contribution in [3.05, 3.63) is 59.4 Å². The smallest absolute Gasteiger partial charge is 0.237 e. The molecule has 0 bridgehead atoms. The fourth-order valence-electron chi connectivity index (χ4n) is 3.17. The van der Waals surface area contributed by atoms with Crippen LogP contribution in [0, 0.1) is 5.82 Å². The maximum atomic E-state index is 14.0. The summed E-state index contributed by atoms with van der Waals surface area (Å²) in [5.41, 5.74) is 1.21. The highest BCUT2D eigenvalue weighted by molar-refractivity contribution is 8.00. The van der Waals surface area contributed by atoms with Crippen LogP contribution in [0.3, 0.4) is 0 Å². The number of amides is 1. The number of halogens is 2. The molecule has 0 spiro atoms. The van der Waals surface area contributed by atoms with Crippen molar-refractivity contribution in [2.45, 2.75) is 17.3 Å². The van der Waals surface area contributed by atoms with E-state index in [-0.39, 0.29) is 11.7 Å². The number of morpholine rings is 1. The molecule has 1 saturated heterocycles. The Kier molecular flexibility index (Phi) is 6.74. The summed E-state index contributed by atoms with van der Waals surface area (Å²) >= 11 is 7.24. The van der Waals surface area contributed by atoms with Gasteiger partial charge in [0.25, 0.3) is 0 Å². The number of carbonyl (C=O) groups excluding carboxylic acids is 1. The molecule has 1 unspecified atom stereocenters. The third-order valence-corrected chi connectivity index (χ3v) is 6.00. The largest absolute Gasteiger partial charge is 0.378 e. The Hall–Kier alpha value is -2.62. The van der Waals surface area contributed by atoms with E-state index in [9.17, 15) is 9.18 Å². The van der Waals surface area contributed by atoms with Crippen molar-refractivity contribution in [1.82, 2.24) is 14.8 Å². The maximum Gasteiger partial charge on any atom is 0.237 e. The number of hydrogen-bond donors (Lipinski definition) is 1. The van der Waals surface area contributed by atoms with Crippen LogP contribution in [0.4, 0.5) is 16.0 Å². The molecule has 1 fully saturated rings. The lowest BCUT2D eigenvalue weighted by Gasteiger charge is -2.28. The Labute approximate surface area is 188 Å². The van der Waals surface area contributed by atoms with E-state index in [2.05, 4.69) is 15.5 Å². The maximum absolute atomic E-state index is 14.0. The van der Waals surface area contributed by atoms with Crippen molar-refractivity contribution in [1.29, 1.82) is 0 Å². The molecule has 2 aromatic carbocycles. The van der Waals surface area contributed by atoms with Gasteiger partial charge in [0.1, 0.15) is 5.82 Å². The van der Waals surface area contributed by atoms with Gasteiger partial charge in [0.05, 0.1) is 24.2 Å². The number of ether oxygens (including phenoxy) is 1. The zero-order valence-electron chi connectivity index (χ0n) is 16.8. The molecule has 4 rings (SSSR count). The van der Waals surface area contributed by atoms with Crippen molar-refractivity contribution >= 4 is 40.9 Å². The van der Waals surface area contributed by atoms with E-state index >= 15 is 0 Å². The molecule has 1 N–H and O–H groups in total. The van der Waals surface area contributed by atoms with Crippen molar-refractivity contribution in [2.24, 2.45) is 0 Å². The van der Waals surface area contributed by atoms with Gasteiger partial charge in [-0.15, -0.1) is 10.2 Å². The van der Waals surface area contributed by atoms with Crippen LogP contribution in [0.25, 0.3) is 5.69 Å². The minimum absolute atomic E-state index is 0.200. The average molecular weight is 462 g/mol. The number of thioether (sulfide) groups is 1. The molecule has 1 aliphatic heterocycles. The lowest BCUT2D eigenvalue weighted by molar-refractivity contribution is -0.115. The minimum atomic E-state index is -0.479. The third kappa shape index (κ3) is 5.17. The standard InChI is InChI=1S/C21H21ClFN5O2S/c1-14(19(29)24-17-6-2-4-15(22)12-17)31-21-26-25-20(27-8-10-30-11-9-27)28(21)18-7-3-5-16(23)13-18/h2-7,12-14H,8-11H2,1H3,(H,24,29). The lowest BCUT2D eigenvalue weighted by atomic mass is 10.3. The highest BCUT2D eigenvalue weighted by Crippen LogP contribution is 2.30. The summed E-state index contributed by atoms with van der Waals surface area (Å²) in [4.78, 5) is 14.8. The molecule has 3 aromatic rings. The quantitative estimate of drug-likeness (QED) is 0.559. The molecule has 1 atom stereocenters. The van der Waals surface area contributed by atoms with Gasteiger partial charge in [-0.25, -0.2) is 4.39 Å². The van der Waals surface area contributed by atoms with Gasteiger partial charge in [-0.3, -0.25) is 9.36 Å². The van der Waals surface area contributed by atoms with E-state index in [1.54, 1.807) is 47.9 Å². The summed E-state index contributed by atoms with van der Waals surface area (Å²) in [6, 6.07) is 13.2. The molecule has 0 radical (unpaired) electrons. The van der Waals surface area contributed by atoms with Gasteiger partial charge in [-0.2, -0.15) is 0 Å². The van der Waals surface area contributed by atoms with Crippen molar-refractivity contribution in [3.63, 3.8) is 0 Å². The summed E-state index contributed by atoms with van der Waals surface area (Å²) in [5, 5.41) is 12.1. The SMILES string of the molecule is CC(Sc1nnc(N2CCOCC2)n1-c1cccc(F)c1)C(=O)Nc1cccc(Cl)c1. The first kappa shape index (κ1) is 21.6. The second kappa shape index (κ2) is 9.67. The number of carbonyl (C=O) groups is 1. The van der Waals surface area contributed by atoms with Crippen LogP contribution in [-0.4, -0.2) is 52.2 Å². The summed E-state index contributed by atoms with van der Waals surface area (Å²) in [6.45, 7) is 4.25. The van der Waals surface area contributed by atoms with Gasteiger partial charge < -0.3 is 15.0 Å². The number of nitrogens with zero attached hydrogens (tertiary/aromatic N) is 4. The first-order valence-electron chi connectivity index (χ1n) is 9.78. The Morgan fingerprint density at radius 3 is 2.71 bits per heavy atom. The predicted molar refractivity (Wildman–Crippen MR) is 120 cm³/mol. The van der Waals surface area contributed by atoms with E-state index in [4.69, 9.17) is 16.3 Å². The molecular formula is C21H21ClFN5O2S. The molecule has 7 nitrogen and oxygen atoms in total. The average Bonchev–Trinajstić information content (AvgIpc) is 3.18. The van der Waals surface area contributed by atoms with Gasteiger partial charge in [0.15, 0.2) is 5.16 Å². The Morgan fingerprint density at radius 1 is 1.19 bits per heavy atom. The highest BCUT2D eigenvalue weighted by Gasteiger charge is 2.25. The number of hydrogen-bond acceptors (Lipinski definition) is 6. The zero-order valence-corrected chi connectivity index (χ0v) is 18.4. The Balaban J connectivity index is 1.60. The molecular weight excluding hydrogens is 441 g/mol. The number of rotatable bonds is 6. The van der Waals surface area contributed by atoms with Gasteiger partial charge in [0.2, 0.25) is 11.9 Å². The molecule has 1 aliphatic rings. The monoisotopic (exact) mass is 461 g/mol. The van der Waals surface area contributed by atoms with Crippen LogP contribution in [0.1, 0.15) is 6.92 Å². The zero-order chi connectivity index (χ0) is 21.8. The fraction of sp³-hybridized carbons (Fsp3) is 0.286. The highest BCUT2D eigenvalue weighted by atomic mass is 35.5. The van der Waals surface area contributed by atoms with Gasteiger partial charge in [-0.05, 0) is 43.3 Å². The van der Waals surface area contributed by atoms with Crippen molar-refractivity contribution in [3.8, 4) is 5.69 Å². The first-order chi connectivity index (χ1) is 15.0. The Morgan fingerprint density at radius 2 is 1.97 bits per heavy atom. The number of anilines is 2. The molecule has 10 heteroatoms. The van der Waals surface area contributed by atoms with E-state index in [1.807, 2.05) is 4.90 Å². The van der Waals surface area contributed by atoms with Gasteiger partial charge >= 0.3 is 0 Å². The molecule has 162 valence electrons. The minimum Gasteiger partial charge on any atom is -0.378 e. The van der Waals surface area contributed by atoms with Crippen molar-refractivity contribution < 1.29 is 13.9 Å². The van der Waals surface area contributed by atoms with E-state index in [0.29, 0.717) is 53.8 Å². The van der Waals surface area contributed by atoms with Crippen molar-refractivity contribution in [2.75, 3.05) is 36.5 Å². The van der Waals surface area contributed by atoms with Gasteiger partial charge in [0, 0.05) is 23.8 Å². The summed E-state index contributed by atoms with van der Waals surface area (Å²) < 4.78 is 21.2. The molecule has 1 amide bonds. The molecule has 2 heterocycles. The summed E-state index contributed by atoms with van der Waals surface area (Å²) in [5.74, 6) is 0.0367. The fourth-order valence-corrected chi connectivity index (χ4v) is 4.22. The number of aromatic nitrogens is 3. The van der Waals surface area contributed by atoms with Crippen LogP contribution >= 0.6 is 23.4 Å². The van der Waals surface area contributed by atoms with E-state index in [0.717, 1.165) is 0 Å². The van der Waals surface area contributed by atoms with E-state index < -0.39 is 5.25 Å².